The minimum Gasteiger partial charge on any atom is -0.384 e. The summed E-state index contributed by atoms with van der Waals surface area (Å²) < 4.78 is 19.9. The Morgan fingerprint density at radius 1 is 1.20 bits per heavy atom. The summed E-state index contributed by atoms with van der Waals surface area (Å²) in [4.78, 5) is 13.2. The average molecular weight is 348 g/mol. The molecular formula is C20H29FN2O2. The van der Waals surface area contributed by atoms with Gasteiger partial charge in [0.2, 0.25) is 5.91 Å². The van der Waals surface area contributed by atoms with Crippen LogP contribution in [0, 0.1) is 11.2 Å². The number of carbonyl (C=O) groups excluding carboxylic acids is 1. The fourth-order valence-corrected chi connectivity index (χ4v) is 4.52. The summed E-state index contributed by atoms with van der Waals surface area (Å²) in [5.74, 6) is -0.294. The van der Waals surface area contributed by atoms with Crippen LogP contribution in [0.1, 0.15) is 44.1 Å². The SMILES string of the molecule is COCC1(CNC(=O)C2(c3ccccc3F)CCCC2)CCNCC1. The molecule has 0 aromatic heterocycles. The number of hydrogen-bond donors (Lipinski definition) is 2. The second-order valence-corrected chi connectivity index (χ2v) is 7.63. The first-order chi connectivity index (χ1) is 12.1. The maximum atomic E-state index is 14.4. The predicted octanol–water partition coefficient (Wildman–Crippen LogP) is 2.77. The third-order valence-corrected chi connectivity index (χ3v) is 6.02. The van der Waals surface area contributed by atoms with Crippen LogP contribution >= 0.6 is 0 Å². The quantitative estimate of drug-likeness (QED) is 0.831. The largest absolute Gasteiger partial charge is 0.384 e. The second-order valence-electron chi connectivity index (χ2n) is 7.63. The van der Waals surface area contributed by atoms with Crippen LogP contribution in [0.25, 0.3) is 0 Å². The van der Waals surface area contributed by atoms with Crippen molar-refractivity contribution in [1.82, 2.24) is 10.6 Å². The minimum atomic E-state index is -0.716. The van der Waals surface area contributed by atoms with Crippen molar-refractivity contribution >= 4 is 5.91 Å². The molecule has 3 rings (SSSR count). The molecule has 2 aliphatic rings. The normalized spacial score (nSPS) is 21.8. The third-order valence-electron chi connectivity index (χ3n) is 6.02. The second kappa shape index (κ2) is 7.83. The number of amides is 1. The number of hydrogen-bond acceptors (Lipinski definition) is 3. The van der Waals surface area contributed by atoms with Crippen LogP contribution < -0.4 is 10.6 Å². The highest BCUT2D eigenvalue weighted by Gasteiger charge is 2.45. The number of halogens is 1. The minimum absolute atomic E-state index is 0.0231. The van der Waals surface area contributed by atoms with Crippen LogP contribution in [0.5, 0.6) is 0 Å². The average Bonchev–Trinajstić information content (AvgIpc) is 3.12. The molecule has 1 aromatic carbocycles. The molecule has 0 unspecified atom stereocenters. The van der Waals surface area contributed by atoms with Gasteiger partial charge in [0, 0.05) is 24.6 Å². The molecule has 1 aliphatic heterocycles. The fourth-order valence-electron chi connectivity index (χ4n) is 4.52. The number of piperidine rings is 1. The molecule has 1 amide bonds. The number of nitrogens with one attached hydrogen (secondary N) is 2. The van der Waals surface area contributed by atoms with Crippen LogP contribution in [0.4, 0.5) is 4.39 Å². The van der Waals surface area contributed by atoms with E-state index in [1.54, 1.807) is 19.2 Å². The molecule has 1 heterocycles. The molecule has 5 heteroatoms. The lowest BCUT2D eigenvalue weighted by Gasteiger charge is -2.38. The Kier molecular flexibility index (Phi) is 5.74. The van der Waals surface area contributed by atoms with Crippen molar-refractivity contribution in [3.63, 3.8) is 0 Å². The Hall–Kier alpha value is -1.46. The molecule has 1 saturated carbocycles. The summed E-state index contributed by atoms with van der Waals surface area (Å²) in [6.45, 7) is 3.12. The molecule has 2 N–H and O–H groups in total. The van der Waals surface area contributed by atoms with Gasteiger partial charge in [-0.2, -0.15) is 0 Å². The van der Waals surface area contributed by atoms with E-state index in [1.807, 2.05) is 6.07 Å². The summed E-state index contributed by atoms with van der Waals surface area (Å²) >= 11 is 0. The summed E-state index contributed by atoms with van der Waals surface area (Å²) in [6.07, 6.45) is 5.34. The zero-order valence-electron chi connectivity index (χ0n) is 15.1. The van der Waals surface area contributed by atoms with E-state index in [1.165, 1.54) is 6.07 Å². The first kappa shape index (κ1) is 18.3. The third kappa shape index (κ3) is 3.72. The summed E-state index contributed by atoms with van der Waals surface area (Å²) in [5, 5.41) is 6.54. The van der Waals surface area contributed by atoms with Crippen molar-refractivity contribution in [2.75, 3.05) is 33.4 Å². The van der Waals surface area contributed by atoms with Gasteiger partial charge >= 0.3 is 0 Å². The van der Waals surface area contributed by atoms with Crippen LogP contribution in [-0.4, -0.2) is 39.3 Å². The molecule has 0 spiro atoms. The van der Waals surface area contributed by atoms with Gasteiger partial charge in [-0.25, -0.2) is 4.39 Å². The molecular weight excluding hydrogens is 319 g/mol. The van der Waals surface area contributed by atoms with Crippen LogP contribution in [0.2, 0.25) is 0 Å². The molecule has 1 saturated heterocycles. The Morgan fingerprint density at radius 3 is 2.52 bits per heavy atom. The standard InChI is InChI=1S/C20H29FN2O2/c1-25-15-19(10-12-22-13-11-19)14-23-18(24)20(8-4-5-9-20)16-6-2-3-7-17(16)21/h2-3,6-7,22H,4-5,8-15H2,1H3,(H,23,24). The van der Waals surface area contributed by atoms with Gasteiger partial charge in [0.25, 0.3) is 0 Å². The number of ether oxygens (including phenoxy) is 1. The van der Waals surface area contributed by atoms with Gasteiger partial charge in [-0.1, -0.05) is 31.0 Å². The van der Waals surface area contributed by atoms with Crippen LogP contribution in [0.15, 0.2) is 24.3 Å². The molecule has 2 fully saturated rings. The Balaban J connectivity index is 1.77. The Bertz CT molecular complexity index is 588. The van der Waals surface area contributed by atoms with E-state index < -0.39 is 5.41 Å². The van der Waals surface area contributed by atoms with Gasteiger partial charge in [0.05, 0.1) is 12.0 Å². The highest BCUT2D eigenvalue weighted by atomic mass is 19.1. The molecule has 4 nitrogen and oxygen atoms in total. The molecule has 1 aliphatic carbocycles. The lowest BCUT2D eigenvalue weighted by molar-refractivity contribution is -0.127. The lowest BCUT2D eigenvalue weighted by atomic mass is 9.76. The van der Waals surface area contributed by atoms with Gasteiger partial charge < -0.3 is 15.4 Å². The monoisotopic (exact) mass is 348 g/mol. The van der Waals surface area contributed by atoms with Crippen molar-refractivity contribution in [2.24, 2.45) is 5.41 Å². The lowest BCUT2D eigenvalue weighted by Crippen LogP contribution is -2.51. The van der Waals surface area contributed by atoms with Crippen molar-refractivity contribution < 1.29 is 13.9 Å². The zero-order chi connectivity index (χ0) is 17.8. The smallest absolute Gasteiger partial charge is 0.230 e. The van der Waals surface area contributed by atoms with Gasteiger partial charge in [-0.05, 0) is 44.8 Å². The molecule has 1 aromatic rings. The van der Waals surface area contributed by atoms with Gasteiger partial charge in [-0.15, -0.1) is 0 Å². The molecule has 0 atom stereocenters. The van der Waals surface area contributed by atoms with Gasteiger partial charge in [0.1, 0.15) is 5.82 Å². The number of carbonyl (C=O) groups is 1. The topological polar surface area (TPSA) is 50.4 Å². The first-order valence-corrected chi connectivity index (χ1v) is 9.35. The summed E-state index contributed by atoms with van der Waals surface area (Å²) in [6, 6.07) is 6.74. The van der Waals surface area contributed by atoms with Crippen LogP contribution in [-0.2, 0) is 14.9 Å². The van der Waals surface area contributed by atoms with Crippen molar-refractivity contribution in [2.45, 2.75) is 43.9 Å². The maximum Gasteiger partial charge on any atom is 0.230 e. The Morgan fingerprint density at radius 2 is 1.88 bits per heavy atom. The van der Waals surface area contributed by atoms with E-state index in [4.69, 9.17) is 4.74 Å². The van der Waals surface area contributed by atoms with E-state index in [0.29, 0.717) is 18.7 Å². The molecule has 25 heavy (non-hydrogen) atoms. The van der Waals surface area contributed by atoms with E-state index in [-0.39, 0.29) is 17.1 Å². The summed E-state index contributed by atoms with van der Waals surface area (Å²) in [5.41, 5.74) is -0.187. The maximum absolute atomic E-state index is 14.4. The van der Waals surface area contributed by atoms with Gasteiger partial charge in [0.15, 0.2) is 0 Å². The predicted molar refractivity (Wildman–Crippen MR) is 96.0 cm³/mol. The van der Waals surface area contributed by atoms with E-state index in [2.05, 4.69) is 10.6 Å². The van der Waals surface area contributed by atoms with Gasteiger partial charge in [-0.3, -0.25) is 4.79 Å². The molecule has 0 bridgehead atoms. The van der Waals surface area contributed by atoms with E-state index in [9.17, 15) is 9.18 Å². The van der Waals surface area contributed by atoms with Crippen LogP contribution in [0.3, 0.4) is 0 Å². The summed E-state index contributed by atoms with van der Waals surface area (Å²) in [7, 11) is 1.71. The fraction of sp³-hybridized carbons (Fsp3) is 0.650. The number of benzene rings is 1. The zero-order valence-corrected chi connectivity index (χ0v) is 15.1. The van der Waals surface area contributed by atoms with E-state index >= 15 is 0 Å². The number of methoxy groups -OCH3 is 1. The molecule has 138 valence electrons. The number of rotatable bonds is 6. The van der Waals surface area contributed by atoms with Crippen molar-refractivity contribution in [1.29, 1.82) is 0 Å². The highest BCUT2D eigenvalue weighted by molar-refractivity contribution is 5.88. The van der Waals surface area contributed by atoms with Crippen molar-refractivity contribution in [3.8, 4) is 0 Å². The first-order valence-electron chi connectivity index (χ1n) is 9.35. The molecule has 0 radical (unpaired) electrons. The highest BCUT2D eigenvalue weighted by Crippen LogP contribution is 2.42. The Labute approximate surface area is 149 Å². The van der Waals surface area contributed by atoms with Crippen molar-refractivity contribution in [3.05, 3.63) is 35.6 Å². The van der Waals surface area contributed by atoms with E-state index in [0.717, 1.165) is 51.6 Å².